The Hall–Kier alpha value is -3.97. The van der Waals surface area contributed by atoms with Crippen LogP contribution in [0.25, 0.3) is 11.5 Å². The number of hydrogen-bond acceptors (Lipinski definition) is 10. The number of amides is 2. The van der Waals surface area contributed by atoms with Gasteiger partial charge in [-0.3, -0.25) is 4.79 Å². The fraction of sp³-hybridized carbons (Fsp3) is 0.500. The molecule has 1 saturated carbocycles. The van der Waals surface area contributed by atoms with Crippen molar-refractivity contribution in [3.63, 3.8) is 0 Å². The fourth-order valence-corrected chi connectivity index (χ4v) is 7.57. The molecule has 12 nitrogen and oxygen atoms in total. The SMILES string of the molecule is CC(C)(C)OC(=O)N[C@H]1CS(=O)(=O)c2ccc(-c3nnc(C4CCNC4)o3)cc2N(Cc2ccc(OC3CCCC3)cc2)C1=O. The standard InChI is InChI=1S/C32H39N5O7S/c1-32(2,3)44-31(39)34-25-19-45(40,41)27-13-10-21(28-35-36-29(43-28)22-14-15-33-17-22)16-26(27)37(30(25)38)18-20-8-11-24(12-9-20)42-23-6-4-5-7-23/h8-13,16,22-23,25,33H,4-7,14-15,17-19H2,1-3H3,(H,34,39)/t22?,25-/m0/s1. The third-order valence-corrected chi connectivity index (χ3v) is 9.98. The van der Waals surface area contributed by atoms with Gasteiger partial charge in [-0.15, -0.1) is 10.2 Å². The summed E-state index contributed by atoms with van der Waals surface area (Å²) < 4.78 is 44.9. The van der Waals surface area contributed by atoms with E-state index in [0.717, 1.165) is 56.5 Å². The molecule has 2 fully saturated rings. The van der Waals surface area contributed by atoms with Crippen molar-refractivity contribution in [3.8, 4) is 17.2 Å². The van der Waals surface area contributed by atoms with Gasteiger partial charge in [-0.1, -0.05) is 12.1 Å². The molecule has 1 aliphatic carbocycles. The van der Waals surface area contributed by atoms with Crippen molar-refractivity contribution in [2.24, 2.45) is 0 Å². The molecule has 1 saturated heterocycles. The van der Waals surface area contributed by atoms with Crippen LogP contribution in [-0.4, -0.2) is 67.2 Å². The number of carbonyl (C=O) groups excluding carboxylic acids is 2. The molecule has 2 atom stereocenters. The Morgan fingerprint density at radius 1 is 1.09 bits per heavy atom. The third kappa shape index (κ3) is 7.14. The molecule has 2 aliphatic heterocycles. The largest absolute Gasteiger partial charge is 0.490 e. The highest BCUT2D eigenvalue weighted by atomic mass is 32.2. The molecule has 13 heteroatoms. The maximum absolute atomic E-state index is 14.1. The average molecular weight is 638 g/mol. The minimum Gasteiger partial charge on any atom is -0.490 e. The quantitative estimate of drug-likeness (QED) is 0.382. The number of anilines is 1. The van der Waals surface area contributed by atoms with Crippen LogP contribution in [0, 0.1) is 0 Å². The number of fused-ring (bicyclic) bond motifs is 1. The van der Waals surface area contributed by atoms with E-state index in [4.69, 9.17) is 13.9 Å². The molecule has 1 aromatic heterocycles. The Morgan fingerprint density at radius 3 is 2.53 bits per heavy atom. The number of ether oxygens (including phenoxy) is 2. The summed E-state index contributed by atoms with van der Waals surface area (Å²) in [6.07, 6.45) is 4.58. The summed E-state index contributed by atoms with van der Waals surface area (Å²) in [6.45, 7) is 6.71. The summed E-state index contributed by atoms with van der Waals surface area (Å²) in [4.78, 5) is 28.2. The first-order chi connectivity index (χ1) is 21.4. The lowest BCUT2D eigenvalue weighted by atomic mass is 10.1. The van der Waals surface area contributed by atoms with Gasteiger partial charge in [0, 0.05) is 12.1 Å². The predicted octanol–water partition coefficient (Wildman–Crippen LogP) is 4.35. The zero-order chi connectivity index (χ0) is 31.8. The summed E-state index contributed by atoms with van der Waals surface area (Å²) in [5, 5.41) is 14.2. The van der Waals surface area contributed by atoms with Crippen molar-refractivity contribution < 1.29 is 31.9 Å². The zero-order valence-corrected chi connectivity index (χ0v) is 26.6. The van der Waals surface area contributed by atoms with Gasteiger partial charge >= 0.3 is 6.09 Å². The van der Waals surface area contributed by atoms with E-state index in [1.165, 1.54) is 11.0 Å². The van der Waals surface area contributed by atoms with Crippen molar-refractivity contribution in [2.45, 2.75) is 88.0 Å². The highest BCUT2D eigenvalue weighted by Gasteiger charge is 2.40. The average Bonchev–Trinajstić information content (AvgIpc) is 3.77. The molecule has 240 valence electrons. The van der Waals surface area contributed by atoms with Crippen molar-refractivity contribution in [2.75, 3.05) is 23.7 Å². The molecule has 1 unspecified atom stereocenters. The van der Waals surface area contributed by atoms with Gasteiger partial charge in [0.15, 0.2) is 9.84 Å². The lowest BCUT2D eigenvalue weighted by Gasteiger charge is -2.27. The maximum Gasteiger partial charge on any atom is 0.408 e. The minimum atomic E-state index is -4.03. The molecule has 0 bridgehead atoms. The van der Waals surface area contributed by atoms with Gasteiger partial charge < -0.3 is 29.4 Å². The van der Waals surface area contributed by atoms with Crippen LogP contribution < -0.4 is 20.3 Å². The lowest BCUT2D eigenvalue weighted by Crippen LogP contribution is -2.51. The predicted molar refractivity (Wildman–Crippen MR) is 166 cm³/mol. The molecule has 45 heavy (non-hydrogen) atoms. The van der Waals surface area contributed by atoms with Gasteiger partial charge in [-0.2, -0.15) is 0 Å². The Balaban J connectivity index is 1.34. The normalized spacial score (nSPS) is 21.8. The van der Waals surface area contributed by atoms with E-state index in [-0.39, 0.29) is 35.0 Å². The van der Waals surface area contributed by atoms with Crippen molar-refractivity contribution in [1.82, 2.24) is 20.8 Å². The summed E-state index contributed by atoms with van der Waals surface area (Å²) >= 11 is 0. The molecular formula is C32H39N5O7S. The Labute approximate surface area is 262 Å². The molecule has 2 amide bonds. The lowest BCUT2D eigenvalue weighted by molar-refractivity contribution is -0.120. The van der Waals surface area contributed by atoms with Gasteiger partial charge in [0.2, 0.25) is 11.8 Å². The number of nitrogens with one attached hydrogen (secondary N) is 2. The monoisotopic (exact) mass is 637 g/mol. The van der Waals surface area contributed by atoms with E-state index in [2.05, 4.69) is 20.8 Å². The van der Waals surface area contributed by atoms with Gasteiger partial charge in [0.25, 0.3) is 5.91 Å². The first-order valence-corrected chi connectivity index (χ1v) is 17.1. The van der Waals surface area contributed by atoms with E-state index < -0.39 is 39.2 Å². The minimum absolute atomic E-state index is 0.0333. The Morgan fingerprint density at radius 2 is 1.84 bits per heavy atom. The van der Waals surface area contributed by atoms with E-state index in [1.807, 2.05) is 24.3 Å². The molecule has 3 heterocycles. The van der Waals surface area contributed by atoms with Gasteiger partial charge in [-0.25, -0.2) is 13.2 Å². The van der Waals surface area contributed by atoms with Crippen LogP contribution in [0.5, 0.6) is 5.75 Å². The second-order valence-electron chi connectivity index (χ2n) is 12.9. The number of benzene rings is 2. The van der Waals surface area contributed by atoms with Crippen LogP contribution >= 0.6 is 0 Å². The van der Waals surface area contributed by atoms with Crippen molar-refractivity contribution in [1.29, 1.82) is 0 Å². The molecule has 3 aromatic rings. The van der Waals surface area contributed by atoms with Crippen LogP contribution in [0.15, 0.2) is 51.8 Å². The zero-order valence-electron chi connectivity index (χ0n) is 25.7. The van der Waals surface area contributed by atoms with E-state index in [0.29, 0.717) is 11.5 Å². The first kappa shape index (κ1) is 31.0. The number of aromatic nitrogens is 2. The number of alkyl carbamates (subject to hydrolysis) is 1. The summed E-state index contributed by atoms with van der Waals surface area (Å²) in [7, 11) is -4.03. The van der Waals surface area contributed by atoms with Gasteiger partial charge in [0.1, 0.15) is 17.4 Å². The van der Waals surface area contributed by atoms with Crippen molar-refractivity contribution >= 4 is 27.5 Å². The van der Waals surface area contributed by atoms with E-state index in [9.17, 15) is 18.0 Å². The molecule has 3 aliphatic rings. The topological polar surface area (TPSA) is 153 Å². The molecule has 2 N–H and O–H groups in total. The molecule has 2 aromatic carbocycles. The third-order valence-electron chi connectivity index (χ3n) is 8.19. The molecule has 0 radical (unpaired) electrons. The highest BCUT2D eigenvalue weighted by Crippen LogP contribution is 2.36. The maximum atomic E-state index is 14.1. The van der Waals surface area contributed by atoms with Crippen molar-refractivity contribution in [3.05, 3.63) is 53.9 Å². The second kappa shape index (κ2) is 12.4. The second-order valence-corrected chi connectivity index (χ2v) is 14.9. The van der Waals surface area contributed by atoms with Crippen LogP contribution in [0.3, 0.4) is 0 Å². The Bertz CT molecular complexity index is 1650. The molecule has 0 spiro atoms. The number of sulfone groups is 1. The number of nitrogens with zero attached hydrogens (tertiary/aromatic N) is 3. The number of rotatable bonds is 7. The van der Waals surface area contributed by atoms with Crippen LogP contribution in [0.1, 0.15) is 70.2 Å². The van der Waals surface area contributed by atoms with E-state index in [1.54, 1.807) is 32.9 Å². The smallest absolute Gasteiger partial charge is 0.408 e. The fourth-order valence-electron chi connectivity index (χ4n) is 5.96. The van der Waals surface area contributed by atoms with Crippen LogP contribution in [0.4, 0.5) is 10.5 Å². The summed E-state index contributed by atoms with van der Waals surface area (Å²) in [5.41, 5.74) is 0.557. The van der Waals surface area contributed by atoms with Gasteiger partial charge in [0.05, 0.1) is 34.9 Å². The summed E-state index contributed by atoms with van der Waals surface area (Å²) in [6, 6.07) is 10.7. The van der Waals surface area contributed by atoms with E-state index >= 15 is 0 Å². The highest BCUT2D eigenvalue weighted by molar-refractivity contribution is 7.91. The Kier molecular flexibility index (Phi) is 8.57. The summed E-state index contributed by atoms with van der Waals surface area (Å²) in [5.74, 6) is 0.368. The van der Waals surface area contributed by atoms with Crippen LogP contribution in [-0.2, 0) is 25.9 Å². The molecule has 6 rings (SSSR count). The first-order valence-electron chi connectivity index (χ1n) is 15.4. The van der Waals surface area contributed by atoms with Gasteiger partial charge in [-0.05, 0) is 95.3 Å². The number of carbonyl (C=O) groups is 2. The molecular weight excluding hydrogens is 598 g/mol. The van der Waals surface area contributed by atoms with Crippen LogP contribution in [0.2, 0.25) is 0 Å². The number of hydrogen-bond donors (Lipinski definition) is 2.